The number of rotatable bonds is 2. The highest BCUT2D eigenvalue weighted by Gasteiger charge is 2.03. The molecule has 0 saturated carbocycles. The van der Waals surface area contributed by atoms with Crippen LogP contribution in [0.2, 0.25) is 0 Å². The third-order valence-corrected chi connectivity index (χ3v) is 1.94. The summed E-state index contributed by atoms with van der Waals surface area (Å²) in [5.74, 6) is -0.160. The Kier molecular flexibility index (Phi) is 2.69. The van der Waals surface area contributed by atoms with Crippen molar-refractivity contribution in [1.29, 1.82) is 0 Å². The van der Waals surface area contributed by atoms with Crippen LogP contribution in [0.3, 0.4) is 0 Å². The van der Waals surface area contributed by atoms with E-state index in [2.05, 4.69) is 6.92 Å². The molecule has 0 aliphatic heterocycles. The highest BCUT2D eigenvalue weighted by molar-refractivity contribution is 5.49. The normalized spacial score (nSPS) is 10.2. The summed E-state index contributed by atoms with van der Waals surface area (Å²) in [6.45, 7) is 3.78. The number of aryl methyl sites for hydroxylation is 2. The zero-order chi connectivity index (χ0) is 9.14. The average molecular weight is 167 g/mol. The summed E-state index contributed by atoms with van der Waals surface area (Å²) < 4.78 is 13.0. The molecule has 0 fully saturated rings. The summed E-state index contributed by atoms with van der Waals surface area (Å²) in [6.07, 6.45) is 1.84. The van der Waals surface area contributed by atoms with Crippen molar-refractivity contribution in [3.8, 4) is 0 Å². The molecule has 0 spiro atoms. The first kappa shape index (κ1) is 9.04. The summed E-state index contributed by atoms with van der Waals surface area (Å²) in [7, 11) is 0. The Labute approximate surface area is 72.4 Å². The van der Waals surface area contributed by atoms with Crippen LogP contribution in [-0.4, -0.2) is 0 Å². The number of hydrogen-bond acceptors (Lipinski definition) is 1. The molecule has 0 radical (unpaired) electrons. The molecule has 1 aromatic rings. The Balaban J connectivity index is 3.05. The van der Waals surface area contributed by atoms with Crippen molar-refractivity contribution in [2.45, 2.75) is 26.7 Å². The van der Waals surface area contributed by atoms with E-state index in [9.17, 15) is 4.39 Å². The predicted octanol–water partition coefficient (Wildman–Crippen LogP) is 2.67. The minimum atomic E-state index is -0.160. The quantitative estimate of drug-likeness (QED) is 0.673. The highest BCUT2D eigenvalue weighted by Crippen LogP contribution is 2.18. The van der Waals surface area contributed by atoms with Crippen molar-refractivity contribution in [3.63, 3.8) is 0 Å². The monoisotopic (exact) mass is 167 g/mol. The molecule has 12 heavy (non-hydrogen) atoms. The van der Waals surface area contributed by atoms with Crippen LogP contribution in [0.4, 0.5) is 10.1 Å². The van der Waals surface area contributed by atoms with Crippen LogP contribution in [0, 0.1) is 12.7 Å². The predicted molar refractivity (Wildman–Crippen MR) is 49.5 cm³/mol. The number of hydrogen-bond donors (Lipinski definition) is 1. The van der Waals surface area contributed by atoms with Crippen molar-refractivity contribution in [2.24, 2.45) is 0 Å². The van der Waals surface area contributed by atoms with Crippen LogP contribution in [0.1, 0.15) is 24.5 Å². The maximum atomic E-state index is 13.0. The minimum Gasteiger partial charge on any atom is -0.398 e. The second kappa shape index (κ2) is 3.57. The van der Waals surface area contributed by atoms with Gasteiger partial charge in [0.2, 0.25) is 0 Å². The van der Waals surface area contributed by atoms with E-state index in [1.807, 2.05) is 0 Å². The van der Waals surface area contributed by atoms with Gasteiger partial charge in [0.15, 0.2) is 0 Å². The lowest BCUT2D eigenvalue weighted by molar-refractivity contribution is 0.616. The molecular weight excluding hydrogens is 153 g/mol. The third-order valence-electron chi connectivity index (χ3n) is 1.94. The van der Waals surface area contributed by atoms with Crippen molar-refractivity contribution >= 4 is 5.69 Å². The fourth-order valence-electron chi connectivity index (χ4n) is 1.23. The summed E-state index contributed by atoms with van der Waals surface area (Å²) >= 11 is 0. The molecular formula is C10H14FN. The van der Waals surface area contributed by atoms with E-state index in [1.165, 1.54) is 6.07 Å². The minimum absolute atomic E-state index is 0.160. The van der Waals surface area contributed by atoms with Crippen molar-refractivity contribution in [3.05, 3.63) is 29.1 Å². The largest absolute Gasteiger partial charge is 0.398 e. The summed E-state index contributed by atoms with van der Waals surface area (Å²) in [6, 6.07) is 3.23. The van der Waals surface area contributed by atoms with Gasteiger partial charge in [0.05, 0.1) is 0 Å². The van der Waals surface area contributed by atoms with Gasteiger partial charge in [-0.25, -0.2) is 4.39 Å². The molecule has 0 aliphatic carbocycles. The number of nitrogen functional groups attached to an aromatic ring is 1. The molecule has 0 saturated heterocycles. The van der Waals surface area contributed by atoms with Gasteiger partial charge < -0.3 is 5.73 Å². The lowest BCUT2D eigenvalue weighted by Crippen LogP contribution is -1.97. The molecule has 0 amide bonds. The maximum Gasteiger partial charge on any atom is 0.126 e. The van der Waals surface area contributed by atoms with Gasteiger partial charge in [-0.15, -0.1) is 0 Å². The van der Waals surface area contributed by atoms with Crippen LogP contribution in [0.5, 0.6) is 0 Å². The van der Waals surface area contributed by atoms with E-state index in [1.54, 1.807) is 13.0 Å². The van der Waals surface area contributed by atoms with Gasteiger partial charge in [-0.1, -0.05) is 13.3 Å². The lowest BCUT2D eigenvalue weighted by Gasteiger charge is -2.05. The topological polar surface area (TPSA) is 26.0 Å². The third kappa shape index (κ3) is 1.76. The van der Waals surface area contributed by atoms with E-state index in [0.717, 1.165) is 18.4 Å². The van der Waals surface area contributed by atoms with Crippen molar-refractivity contribution in [2.75, 3.05) is 5.73 Å². The molecule has 0 aliphatic rings. The number of anilines is 1. The molecule has 2 N–H and O–H groups in total. The van der Waals surface area contributed by atoms with Gasteiger partial charge in [0, 0.05) is 5.69 Å². The maximum absolute atomic E-state index is 13.0. The number of halogens is 1. The molecule has 1 rings (SSSR count). The van der Waals surface area contributed by atoms with Crippen LogP contribution in [0.25, 0.3) is 0 Å². The van der Waals surface area contributed by atoms with Gasteiger partial charge in [0.1, 0.15) is 5.82 Å². The number of benzene rings is 1. The average Bonchev–Trinajstić information content (AvgIpc) is 2.01. The lowest BCUT2D eigenvalue weighted by atomic mass is 10.1. The Morgan fingerprint density at radius 2 is 2.08 bits per heavy atom. The van der Waals surface area contributed by atoms with Crippen molar-refractivity contribution < 1.29 is 4.39 Å². The van der Waals surface area contributed by atoms with E-state index in [4.69, 9.17) is 5.73 Å². The molecule has 0 aromatic heterocycles. The first-order valence-electron chi connectivity index (χ1n) is 4.19. The first-order valence-corrected chi connectivity index (χ1v) is 4.19. The molecule has 0 unspecified atom stereocenters. The molecule has 66 valence electrons. The Hall–Kier alpha value is -1.05. The summed E-state index contributed by atoms with van der Waals surface area (Å²) in [5, 5.41) is 0. The number of nitrogens with two attached hydrogens (primary N) is 1. The van der Waals surface area contributed by atoms with E-state index >= 15 is 0 Å². The van der Waals surface area contributed by atoms with Crippen LogP contribution in [0.15, 0.2) is 12.1 Å². The smallest absolute Gasteiger partial charge is 0.126 e. The van der Waals surface area contributed by atoms with Gasteiger partial charge >= 0.3 is 0 Å². The van der Waals surface area contributed by atoms with Gasteiger partial charge in [-0.2, -0.15) is 0 Å². The Bertz CT molecular complexity index is 281. The van der Waals surface area contributed by atoms with E-state index in [-0.39, 0.29) is 5.82 Å². The zero-order valence-corrected chi connectivity index (χ0v) is 7.52. The van der Waals surface area contributed by atoms with Gasteiger partial charge in [0.25, 0.3) is 0 Å². The van der Waals surface area contributed by atoms with E-state index in [0.29, 0.717) is 11.3 Å². The van der Waals surface area contributed by atoms with Crippen LogP contribution in [-0.2, 0) is 6.42 Å². The fraction of sp³-hybridized carbons (Fsp3) is 0.400. The molecule has 0 heterocycles. The Morgan fingerprint density at radius 1 is 1.42 bits per heavy atom. The molecule has 1 nitrogen and oxygen atoms in total. The van der Waals surface area contributed by atoms with Gasteiger partial charge in [-0.3, -0.25) is 0 Å². The second-order valence-corrected chi connectivity index (χ2v) is 3.05. The molecule has 0 atom stereocenters. The molecule has 1 aromatic carbocycles. The summed E-state index contributed by atoms with van der Waals surface area (Å²) in [4.78, 5) is 0. The first-order chi connectivity index (χ1) is 5.65. The fourth-order valence-corrected chi connectivity index (χ4v) is 1.23. The second-order valence-electron chi connectivity index (χ2n) is 3.05. The molecule has 0 bridgehead atoms. The highest BCUT2D eigenvalue weighted by atomic mass is 19.1. The van der Waals surface area contributed by atoms with Gasteiger partial charge in [-0.05, 0) is 36.6 Å². The van der Waals surface area contributed by atoms with E-state index < -0.39 is 0 Å². The van der Waals surface area contributed by atoms with Crippen LogP contribution >= 0.6 is 0 Å². The van der Waals surface area contributed by atoms with Crippen molar-refractivity contribution in [1.82, 2.24) is 0 Å². The summed E-state index contributed by atoms with van der Waals surface area (Å²) in [5.41, 5.74) is 7.95. The Morgan fingerprint density at radius 3 is 2.67 bits per heavy atom. The zero-order valence-electron chi connectivity index (χ0n) is 7.52. The van der Waals surface area contributed by atoms with Crippen LogP contribution < -0.4 is 5.73 Å². The standard InChI is InChI=1S/C10H14FN/c1-3-4-8-6-9(11)7(2)5-10(8)12/h5-6H,3-4,12H2,1-2H3. The molecule has 2 heteroatoms. The SMILES string of the molecule is CCCc1cc(F)c(C)cc1N.